The van der Waals surface area contributed by atoms with Gasteiger partial charge in [0.15, 0.2) is 0 Å². The van der Waals surface area contributed by atoms with Crippen LogP contribution in [0.15, 0.2) is 22.8 Å². The Morgan fingerprint density at radius 3 is 2.00 bits per heavy atom. The van der Waals surface area contributed by atoms with Gasteiger partial charge in [0.25, 0.3) is 0 Å². The number of hydrogen-bond acceptors (Lipinski definition) is 1. The minimum absolute atomic E-state index is 1.00. The van der Waals surface area contributed by atoms with Gasteiger partial charge in [0, 0.05) is 0 Å². The molecule has 0 saturated heterocycles. The standard InChI is InChI=1S/C13H18O/c14-10-13-8-4-3-7-12(13)9-11-5-1-2-6-11/h9-10H,1-8H2. The average molecular weight is 190 g/mol. The fourth-order valence-electron chi connectivity index (χ4n) is 2.47. The van der Waals surface area contributed by atoms with Gasteiger partial charge in [-0.05, 0) is 62.5 Å². The van der Waals surface area contributed by atoms with Crippen molar-refractivity contribution >= 4 is 6.29 Å². The zero-order valence-electron chi connectivity index (χ0n) is 8.72. The molecular formula is C13H18O. The topological polar surface area (TPSA) is 17.1 Å². The van der Waals surface area contributed by atoms with Crippen molar-refractivity contribution in [2.75, 3.05) is 0 Å². The molecule has 76 valence electrons. The van der Waals surface area contributed by atoms with Gasteiger partial charge in [0.05, 0.1) is 0 Å². The van der Waals surface area contributed by atoms with E-state index in [-0.39, 0.29) is 0 Å². The van der Waals surface area contributed by atoms with Gasteiger partial charge in [-0.2, -0.15) is 0 Å². The normalized spacial score (nSPS) is 22.7. The molecule has 0 unspecified atom stereocenters. The second-order valence-electron chi connectivity index (χ2n) is 4.39. The molecule has 0 amide bonds. The second kappa shape index (κ2) is 4.59. The maximum atomic E-state index is 10.9. The molecule has 1 nitrogen and oxygen atoms in total. The van der Waals surface area contributed by atoms with Crippen LogP contribution in [0, 0.1) is 0 Å². The molecule has 2 rings (SSSR count). The maximum Gasteiger partial charge on any atom is 0.146 e. The zero-order chi connectivity index (χ0) is 9.80. The first-order valence-electron chi connectivity index (χ1n) is 5.77. The summed E-state index contributed by atoms with van der Waals surface area (Å²) in [6.45, 7) is 0. The third-order valence-electron chi connectivity index (χ3n) is 3.32. The molecule has 2 aliphatic rings. The average Bonchev–Trinajstić information content (AvgIpc) is 2.71. The SMILES string of the molecule is O=CC1=C(C=C2CCCC2)CCCC1. The van der Waals surface area contributed by atoms with E-state index in [1.807, 2.05) is 0 Å². The number of rotatable bonds is 2. The van der Waals surface area contributed by atoms with Crippen molar-refractivity contribution in [1.82, 2.24) is 0 Å². The molecule has 0 bridgehead atoms. The Morgan fingerprint density at radius 1 is 0.786 bits per heavy atom. The van der Waals surface area contributed by atoms with Gasteiger partial charge in [0.1, 0.15) is 6.29 Å². The Balaban J connectivity index is 2.17. The molecule has 0 atom stereocenters. The largest absolute Gasteiger partial charge is 0.298 e. The molecule has 0 heterocycles. The van der Waals surface area contributed by atoms with Gasteiger partial charge >= 0.3 is 0 Å². The third kappa shape index (κ3) is 2.14. The van der Waals surface area contributed by atoms with E-state index in [9.17, 15) is 4.79 Å². The van der Waals surface area contributed by atoms with Crippen molar-refractivity contribution in [2.24, 2.45) is 0 Å². The lowest BCUT2D eigenvalue weighted by atomic mass is 9.91. The molecule has 0 N–H and O–H groups in total. The van der Waals surface area contributed by atoms with Gasteiger partial charge in [-0.15, -0.1) is 0 Å². The monoisotopic (exact) mass is 190 g/mol. The van der Waals surface area contributed by atoms with E-state index in [4.69, 9.17) is 0 Å². The van der Waals surface area contributed by atoms with Crippen LogP contribution in [-0.4, -0.2) is 6.29 Å². The fraction of sp³-hybridized carbons (Fsp3) is 0.615. The smallest absolute Gasteiger partial charge is 0.146 e. The van der Waals surface area contributed by atoms with Crippen LogP contribution in [0.2, 0.25) is 0 Å². The Bertz CT molecular complexity index is 276. The zero-order valence-corrected chi connectivity index (χ0v) is 8.72. The summed E-state index contributed by atoms with van der Waals surface area (Å²) in [6, 6.07) is 0. The van der Waals surface area contributed by atoms with Crippen molar-refractivity contribution in [3.63, 3.8) is 0 Å². The van der Waals surface area contributed by atoms with Gasteiger partial charge in [-0.3, -0.25) is 4.79 Å². The first kappa shape index (κ1) is 9.70. The van der Waals surface area contributed by atoms with Gasteiger partial charge < -0.3 is 0 Å². The quantitative estimate of drug-likeness (QED) is 0.608. The van der Waals surface area contributed by atoms with E-state index in [2.05, 4.69) is 6.08 Å². The highest BCUT2D eigenvalue weighted by Gasteiger charge is 2.12. The number of carbonyl (C=O) groups excluding carboxylic acids is 1. The molecule has 1 fully saturated rings. The lowest BCUT2D eigenvalue weighted by molar-refractivity contribution is -0.105. The summed E-state index contributed by atoms with van der Waals surface area (Å²) in [4.78, 5) is 10.9. The van der Waals surface area contributed by atoms with E-state index in [0.29, 0.717) is 0 Å². The van der Waals surface area contributed by atoms with Crippen LogP contribution in [0.4, 0.5) is 0 Å². The summed E-state index contributed by atoms with van der Waals surface area (Å²) in [5.41, 5.74) is 3.97. The second-order valence-corrected chi connectivity index (χ2v) is 4.39. The molecule has 0 aliphatic heterocycles. The summed E-state index contributed by atoms with van der Waals surface area (Å²) in [7, 11) is 0. The van der Waals surface area contributed by atoms with Crippen molar-refractivity contribution < 1.29 is 4.79 Å². The molecule has 1 saturated carbocycles. The molecule has 2 aliphatic carbocycles. The van der Waals surface area contributed by atoms with Gasteiger partial charge in [0.2, 0.25) is 0 Å². The first-order valence-corrected chi connectivity index (χ1v) is 5.77. The number of hydrogen-bond donors (Lipinski definition) is 0. The third-order valence-corrected chi connectivity index (χ3v) is 3.32. The van der Waals surface area contributed by atoms with E-state index >= 15 is 0 Å². The molecule has 14 heavy (non-hydrogen) atoms. The minimum atomic E-state index is 1.00. The number of carbonyl (C=O) groups is 1. The number of aldehydes is 1. The van der Waals surface area contributed by atoms with E-state index in [1.54, 1.807) is 5.57 Å². The minimum Gasteiger partial charge on any atom is -0.298 e. The van der Waals surface area contributed by atoms with Crippen LogP contribution >= 0.6 is 0 Å². The van der Waals surface area contributed by atoms with Crippen molar-refractivity contribution in [3.05, 3.63) is 22.8 Å². The molecular weight excluding hydrogens is 172 g/mol. The van der Waals surface area contributed by atoms with Crippen LogP contribution in [0.25, 0.3) is 0 Å². The Hall–Kier alpha value is -0.850. The van der Waals surface area contributed by atoms with Crippen LogP contribution < -0.4 is 0 Å². The van der Waals surface area contributed by atoms with Gasteiger partial charge in [-0.25, -0.2) is 0 Å². The highest BCUT2D eigenvalue weighted by atomic mass is 16.1. The highest BCUT2D eigenvalue weighted by molar-refractivity contribution is 5.76. The number of allylic oxidation sites excluding steroid dienone is 4. The molecule has 0 aromatic rings. The van der Waals surface area contributed by atoms with E-state index < -0.39 is 0 Å². The van der Waals surface area contributed by atoms with Crippen LogP contribution in [0.3, 0.4) is 0 Å². The van der Waals surface area contributed by atoms with E-state index in [1.165, 1.54) is 44.1 Å². The molecule has 0 aromatic carbocycles. The Morgan fingerprint density at radius 2 is 1.36 bits per heavy atom. The Labute approximate surface area is 85.9 Å². The maximum absolute atomic E-state index is 10.9. The summed E-state index contributed by atoms with van der Waals surface area (Å²) in [5.74, 6) is 0. The van der Waals surface area contributed by atoms with Crippen molar-refractivity contribution in [1.29, 1.82) is 0 Å². The van der Waals surface area contributed by atoms with Crippen molar-refractivity contribution in [3.8, 4) is 0 Å². The molecule has 0 spiro atoms. The first-order chi connectivity index (χ1) is 6.90. The summed E-state index contributed by atoms with van der Waals surface area (Å²) >= 11 is 0. The van der Waals surface area contributed by atoms with Crippen LogP contribution in [0.1, 0.15) is 51.4 Å². The summed E-state index contributed by atoms with van der Waals surface area (Å²) in [5, 5.41) is 0. The van der Waals surface area contributed by atoms with Crippen molar-refractivity contribution in [2.45, 2.75) is 51.4 Å². The summed E-state index contributed by atoms with van der Waals surface area (Å²) < 4.78 is 0. The highest BCUT2D eigenvalue weighted by Crippen LogP contribution is 2.30. The lowest BCUT2D eigenvalue weighted by Gasteiger charge is -2.14. The molecule has 0 radical (unpaired) electrons. The van der Waals surface area contributed by atoms with Crippen LogP contribution in [0.5, 0.6) is 0 Å². The molecule has 1 heteroatoms. The van der Waals surface area contributed by atoms with E-state index in [0.717, 1.165) is 24.7 Å². The van der Waals surface area contributed by atoms with Crippen LogP contribution in [-0.2, 0) is 4.79 Å². The fourth-order valence-corrected chi connectivity index (χ4v) is 2.47. The Kier molecular flexibility index (Phi) is 3.18. The summed E-state index contributed by atoms with van der Waals surface area (Å²) in [6.07, 6.45) is 13.2. The predicted octanol–water partition coefficient (Wildman–Crippen LogP) is 3.56. The molecule has 0 aromatic heterocycles. The predicted molar refractivity (Wildman–Crippen MR) is 58.1 cm³/mol. The lowest BCUT2D eigenvalue weighted by Crippen LogP contribution is -1.99. The van der Waals surface area contributed by atoms with Gasteiger partial charge in [-0.1, -0.05) is 11.6 Å².